The Kier molecular flexibility index (Phi) is 5.94. The third-order valence-electron chi connectivity index (χ3n) is 4.65. The van der Waals surface area contributed by atoms with Gasteiger partial charge >= 0.3 is 0 Å². The van der Waals surface area contributed by atoms with E-state index in [0.717, 1.165) is 23.4 Å². The number of nitrogens with one attached hydrogen (secondary N) is 1. The molecule has 1 N–H and O–H groups in total. The molecule has 0 bridgehead atoms. The summed E-state index contributed by atoms with van der Waals surface area (Å²) in [7, 11) is 0. The first-order chi connectivity index (χ1) is 15.5. The Morgan fingerprint density at radius 1 is 1.03 bits per heavy atom. The summed E-state index contributed by atoms with van der Waals surface area (Å²) >= 11 is 0. The summed E-state index contributed by atoms with van der Waals surface area (Å²) in [6.45, 7) is 3.92. The van der Waals surface area contributed by atoms with Gasteiger partial charge in [-0.25, -0.2) is 14.6 Å². The molecule has 32 heavy (non-hydrogen) atoms. The van der Waals surface area contributed by atoms with Gasteiger partial charge in [0.05, 0.1) is 41.5 Å². The van der Waals surface area contributed by atoms with Crippen LogP contribution in [0.3, 0.4) is 0 Å². The topological polar surface area (TPSA) is 122 Å². The number of nitriles is 1. The highest BCUT2D eigenvalue weighted by molar-refractivity contribution is 5.87. The zero-order chi connectivity index (χ0) is 22.5. The van der Waals surface area contributed by atoms with Gasteiger partial charge in [0.25, 0.3) is 0 Å². The minimum Gasteiger partial charge on any atom is -0.295 e. The second-order valence-electron chi connectivity index (χ2n) is 7.11. The molecule has 0 unspecified atom stereocenters. The van der Waals surface area contributed by atoms with Crippen LogP contribution in [0.2, 0.25) is 0 Å². The molecular weight excluding hydrogens is 404 g/mol. The summed E-state index contributed by atoms with van der Waals surface area (Å²) in [5, 5.41) is 20.3. The number of hydrogen-bond acceptors (Lipinski definition) is 7. The van der Waals surface area contributed by atoms with Crippen molar-refractivity contribution < 1.29 is 4.79 Å². The minimum absolute atomic E-state index is 0.152. The molecule has 3 aromatic heterocycles. The van der Waals surface area contributed by atoms with Crippen molar-refractivity contribution in [3.63, 3.8) is 0 Å². The van der Waals surface area contributed by atoms with E-state index in [1.807, 2.05) is 24.3 Å². The van der Waals surface area contributed by atoms with Gasteiger partial charge in [-0.1, -0.05) is 30.3 Å². The Morgan fingerprint density at radius 2 is 1.81 bits per heavy atom. The lowest BCUT2D eigenvalue weighted by molar-refractivity contribution is -0.114. The van der Waals surface area contributed by atoms with E-state index in [1.54, 1.807) is 35.1 Å². The molecular formula is C23H20N8O. The number of amides is 1. The fraction of sp³-hybridized carbons (Fsp3) is 0.174. The maximum Gasteiger partial charge on any atom is 0.230 e. The van der Waals surface area contributed by atoms with Crippen LogP contribution in [-0.4, -0.2) is 35.9 Å². The van der Waals surface area contributed by atoms with Crippen LogP contribution >= 0.6 is 0 Å². The number of aromatic nitrogens is 6. The summed E-state index contributed by atoms with van der Waals surface area (Å²) in [5.74, 6) is -0.136. The van der Waals surface area contributed by atoms with Crippen LogP contribution < -0.4 is 5.32 Å². The highest BCUT2D eigenvalue weighted by atomic mass is 16.1. The fourth-order valence-electron chi connectivity index (χ4n) is 3.16. The Labute approximate surface area is 184 Å². The molecule has 0 aliphatic rings. The maximum absolute atomic E-state index is 11.6. The number of carbonyl (C=O) groups excluding carboxylic acids is 1. The average Bonchev–Trinajstić information content (AvgIpc) is 3.27. The first-order valence-corrected chi connectivity index (χ1v) is 10.1. The fourth-order valence-corrected chi connectivity index (χ4v) is 3.16. The van der Waals surface area contributed by atoms with Gasteiger partial charge in [-0.3, -0.25) is 15.1 Å². The van der Waals surface area contributed by atoms with Crippen molar-refractivity contribution in [1.82, 2.24) is 29.9 Å². The normalized spacial score (nSPS) is 10.5. The molecule has 158 valence electrons. The predicted molar refractivity (Wildman–Crippen MR) is 118 cm³/mol. The van der Waals surface area contributed by atoms with E-state index in [9.17, 15) is 10.1 Å². The van der Waals surface area contributed by atoms with Crippen LogP contribution in [0, 0.1) is 11.3 Å². The second-order valence-corrected chi connectivity index (χ2v) is 7.11. The Hall–Kier alpha value is -4.45. The van der Waals surface area contributed by atoms with Crippen LogP contribution in [0.4, 0.5) is 5.95 Å². The van der Waals surface area contributed by atoms with Crippen LogP contribution in [-0.2, 0) is 17.8 Å². The van der Waals surface area contributed by atoms with E-state index < -0.39 is 0 Å². The minimum atomic E-state index is -0.288. The molecule has 4 aromatic rings. The highest BCUT2D eigenvalue weighted by Gasteiger charge is 2.13. The molecule has 0 saturated carbocycles. The predicted octanol–water partition coefficient (Wildman–Crippen LogP) is 3.24. The van der Waals surface area contributed by atoms with Crippen molar-refractivity contribution >= 4 is 11.9 Å². The first-order valence-electron chi connectivity index (χ1n) is 10.1. The van der Waals surface area contributed by atoms with Crippen molar-refractivity contribution in [2.24, 2.45) is 0 Å². The van der Waals surface area contributed by atoms with Crippen molar-refractivity contribution in [3.8, 4) is 28.7 Å². The zero-order valence-electron chi connectivity index (χ0n) is 17.6. The first kappa shape index (κ1) is 20.8. The monoisotopic (exact) mass is 424 g/mol. The van der Waals surface area contributed by atoms with Gasteiger partial charge in [-0.05, 0) is 36.8 Å². The molecule has 1 aromatic carbocycles. The lowest BCUT2D eigenvalue weighted by atomic mass is 10.1. The number of carbonyl (C=O) groups is 1. The molecule has 0 radical (unpaired) electrons. The van der Waals surface area contributed by atoms with Gasteiger partial charge in [0.2, 0.25) is 11.9 Å². The maximum atomic E-state index is 11.6. The molecule has 0 saturated heterocycles. The summed E-state index contributed by atoms with van der Waals surface area (Å²) in [4.78, 5) is 25.0. The zero-order valence-corrected chi connectivity index (χ0v) is 17.6. The molecule has 9 heteroatoms. The van der Waals surface area contributed by atoms with Gasteiger partial charge in [0, 0.05) is 18.2 Å². The number of nitrogens with zero attached hydrogens (tertiary/aromatic N) is 7. The van der Waals surface area contributed by atoms with Gasteiger partial charge in [0.1, 0.15) is 5.69 Å². The van der Waals surface area contributed by atoms with Crippen LogP contribution in [0.25, 0.3) is 22.6 Å². The van der Waals surface area contributed by atoms with Gasteiger partial charge in [-0.2, -0.15) is 5.26 Å². The summed E-state index contributed by atoms with van der Waals surface area (Å²) in [6, 6.07) is 16.9. The van der Waals surface area contributed by atoms with Crippen molar-refractivity contribution in [2.45, 2.75) is 26.8 Å². The molecule has 0 spiro atoms. The molecule has 0 fully saturated rings. The van der Waals surface area contributed by atoms with E-state index >= 15 is 0 Å². The molecule has 0 atom stereocenters. The number of pyridine rings is 1. The lowest BCUT2D eigenvalue weighted by Gasteiger charge is -2.07. The number of benzene rings is 1. The number of hydrogen-bond donors (Lipinski definition) is 1. The molecule has 1 amide bonds. The quantitative estimate of drug-likeness (QED) is 0.504. The molecule has 4 rings (SSSR count). The second kappa shape index (κ2) is 9.14. The number of rotatable bonds is 6. The average molecular weight is 424 g/mol. The summed E-state index contributed by atoms with van der Waals surface area (Å²) < 4.78 is 1.69. The largest absolute Gasteiger partial charge is 0.295 e. The van der Waals surface area contributed by atoms with Crippen LogP contribution in [0.5, 0.6) is 0 Å². The van der Waals surface area contributed by atoms with Gasteiger partial charge in [-0.15, -0.1) is 5.10 Å². The van der Waals surface area contributed by atoms with E-state index in [1.165, 1.54) is 6.92 Å². The molecule has 9 nitrogen and oxygen atoms in total. The van der Waals surface area contributed by atoms with Crippen LogP contribution in [0.1, 0.15) is 30.8 Å². The van der Waals surface area contributed by atoms with Crippen molar-refractivity contribution in [2.75, 3.05) is 5.32 Å². The van der Waals surface area contributed by atoms with Crippen molar-refractivity contribution in [3.05, 3.63) is 71.7 Å². The highest BCUT2D eigenvalue weighted by Crippen LogP contribution is 2.25. The summed E-state index contributed by atoms with van der Waals surface area (Å²) in [5.41, 5.74) is 4.73. The molecule has 0 aliphatic heterocycles. The van der Waals surface area contributed by atoms with Gasteiger partial charge < -0.3 is 0 Å². The smallest absolute Gasteiger partial charge is 0.230 e. The third kappa shape index (κ3) is 4.82. The van der Waals surface area contributed by atoms with E-state index in [-0.39, 0.29) is 11.9 Å². The van der Waals surface area contributed by atoms with Gasteiger partial charge in [0.15, 0.2) is 0 Å². The SMILES string of the molecule is CCc1cccc(Cn2cc(-c3cc(-c4cccc(C#N)c4)nc(NC(C)=O)n3)nn2)n1. The Balaban J connectivity index is 1.69. The third-order valence-corrected chi connectivity index (χ3v) is 4.65. The van der Waals surface area contributed by atoms with E-state index in [4.69, 9.17) is 0 Å². The van der Waals surface area contributed by atoms with Crippen molar-refractivity contribution in [1.29, 1.82) is 5.26 Å². The number of anilines is 1. The van der Waals surface area contributed by atoms with E-state index in [2.05, 4.69) is 43.6 Å². The standard InChI is InChI=1S/C23H20N8O/c1-3-18-8-5-9-19(26-18)13-31-14-22(29-30-31)21-11-20(27-23(28-21)25-15(2)32)17-7-4-6-16(10-17)12-24/h4-11,14H,3,13H2,1-2H3,(H,25,27,28,32). The Morgan fingerprint density at radius 3 is 2.59 bits per heavy atom. The summed E-state index contributed by atoms with van der Waals surface area (Å²) in [6.07, 6.45) is 2.63. The Bertz CT molecular complexity index is 1320. The lowest BCUT2D eigenvalue weighted by Crippen LogP contribution is -2.10. The van der Waals surface area contributed by atoms with E-state index in [0.29, 0.717) is 29.2 Å². The number of aryl methyl sites for hydroxylation is 1. The van der Waals surface area contributed by atoms with Crippen LogP contribution in [0.15, 0.2) is 54.7 Å². The molecule has 0 aliphatic carbocycles. The molecule has 3 heterocycles.